The van der Waals surface area contributed by atoms with E-state index in [4.69, 9.17) is 5.73 Å². The van der Waals surface area contributed by atoms with Crippen molar-refractivity contribution in [3.05, 3.63) is 119 Å². The molecule has 5 aromatic rings. The number of amides is 1. The maximum Gasteiger partial charge on any atom is 0.273 e. The number of halogens is 2. The fourth-order valence-electron chi connectivity index (χ4n) is 4.13. The third-order valence-electron chi connectivity index (χ3n) is 6.15. The van der Waals surface area contributed by atoms with Crippen LogP contribution in [0.5, 0.6) is 0 Å². The second kappa shape index (κ2) is 10.1. The molecule has 0 aliphatic rings. The number of nitrogens with two attached hydrogens (primary N) is 1. The molecule has 0 aliphatic heterocycles. The van der Waals surface area contributed by atoms with Crippen molar-refractivity contribution in [1.82, 2.24) is 24.6 Å². The Bertz CT molecular complexity index is 1580. The third-order valence-corrected chi connectivity index (χ3v) is 6.15. The minimum atomic E-state index is -0.733. The van der Waals surface area contributed by atoms with Crippen molar-refractivity contribution in [1.29, 1.82) is 0 Å². The number of para-hydroxylation sites is 1. The summed E-state index contributed by atoms with van der Waals surface area (Å²) in [6.07, 6.45) is 0. The van der Waals surface area contributed by atoms with Crippen molar-refractivity contribution in [3.63, 3.8) is 0 Å². The zero-order valence-electron chi connectivity index (χ0n) is 20.1. The monoisotopic (exact) mass is 498 g/mol. The summed E-state index contributed by atoms with van der Waals surface area (Å²) in [5.41, 5.74) is 8.51. The summed E-state index contributed by atoms with van der Waals surface area (Å²) in [4.78, 5) is 19.6. The highest BCUT2D eigenvalue weighted by Gasteiger charge is 2.23. The molecule has 37 heavy (non-hydrogen) atoms. The van der Waals surface area contributed by atoms with E-state index in [-0.39, 0.29) is 24.3 Å². The van der Waals surface area contributed by atoms with E-state index in [1.807, 2.05) is 66.1 Å². The van der Waals surface area contributed by atoms with E-state index in [9.17, 15) is 13.6 Å². The van der Waals surface area contributed by atoms with Crippen LogP contribution in [0.15, 0.2) is 78.9 Å². The molecule has 1 amide bonds. The number of aromatic nitrogens is 4. The van der Waals surface area contributed by atoms with Gasteiger partial charge in [0.05, 0.1) is 18.6 Å². The van der Waals surface area contributed by atoms with Gasteiger partial charge >= 0.3 is 0 Å². The number of hydrogen-bond acceptors (Lipinski definition) is 5. The molecule has 186 valence electrons. The molecule has 0 atom stereocenters. The third kappa shape index (κ3) is 5.30. The first-order valence-electron chi connectivity index (χ1n) is 11.7. The van der Waals surface area contributed by atoms with Gasteiger partial charge in [-0.25, -0.2) is 13.8 Å². The van der Waals surface area contributed by atoms with Gasteiger partial charge in [0.2, 0.25) is 0 Å². The van der Waals surface area contributed by atoms with Crippen LogP contribution in [0, 0.1) is 18.6 Å². The van der Waals surface area contributed by atoms with Crippen LogP contribution in [0.2, 0.25) is 0 Å². The number of nitrogens with zero attached hydrogens (tertiary/aromatic N) is 5. The Balaban J connectivity index is 1.49. The average molecular weight is 499 g/mol. The topological polar surface area (TPSA) is 89.9 Å². The smallest absolute Gasteiger partial charge is 0.273 e. The lowest BCUT2D eigenvalue weighted by atomic mass is 10.1. The van der Waals surface area contributed by atoms with Crippen molar-refractivity contribution in [3.8, 4) is 0 Å². The molecule has 9 heteroatoms. The first-order chi connectivity index (χ1) is 17.9. The molecule has 0 unspecified atom stereocenters. The van der Waals surface area contributed by atoms with Crippen LogP contribution in [0.3, 0.4) is 0 Å². The Morgan fingerprint density at radius 1 is 0.946 bits per heavy atom. The van der Waals surface area contributed by atoms with E-state index in [1.54, 1.807) is 6.07 Å². The number of anilines is 1. The van der Waals surface area contributed by atoms with E-state index in [0.717, 1.165) is 17.0 Å². The summed E-state index contributed by atoms with van der Waals surface area (Å²) in [6, 6.07) is 21.7. The lowest BCUT2D eigenvalue weighted by molar-refractivity contribution is 0.0716. The van der Waals surface area contributed by atoms with Crippen LogP contribution >= 0.6 is 0 Å². The molecule has 0 fully saturated rings. The van der Waals surface area contributed by atoms with Crippen LogP contribution in [-0.2, 0) is 19.6 Å². The fraction of sp³-hybridized carbons (Fsp3) is 0.143. The van der Waals surface area contributed by atoms with Gasteiger partial charge in [-0.05, 0) is 42.8 Å². The number of pyridine rings is 1. The van der Waals surface area contributed by atoms with Gasteiger partial charge in [0.1, 0.15) is 23.2 Å². The van der Waals surface area contributed by atoms with Gasteiger partial charge in [0.15, 0.2) is 5.82 Å². The Labute approximate surface area is 212 Å². The number of nitrogen functional groups attached to an aromatic ring is 1. The number of aryl methyl sites for hydroxylation is 1. The Morgan fingerprint density at radius 2 is 1.73 bits per heavy atom. The van der Waals surface area contributed by atoms with Crippen LogP contribution < -0.4 is 5.73 Å². The molecule has 2 aromatic heterocycles. The molecule has 5 rings (SSSR count). The van der Waals surface area contributed by atoms with Crippen molar-refractivity contribution >= 4 is 22.5 Å². The molecule has 7 nitrogen and oxygen atoms in total. The summed E-state index contributed by atoms with van der Waals surface area (Å²) in [6.45, 7) is 2.23. The van der Waals surface area contributed by atoms with E-state index in [0.29, 0.717) is 29.4 Å². The average Bonchev–Trinajstić information content (AvgIpc) is 3.24. The predicted molar refractivity (Wildman–Crippen MR) is 136 cm³/mol. The number of carbonyl (C=O) groups excluding carboxylic acids is 1. The summed E-state index contributed by atoms with van der Waals surface area (Å²) in [5.74, 6) is -0.644. The second-order valence-electron chi connectivity index (χ2n) is 8.78. The van der Waals surface area contributed by atoms with Crippen molar-refractivity contribution in [2.24, 2.45) is 0 Å². The quantitative estimate of drug-likeness (QED) is 0.323. The lowest BCUT2D eigenvalue weighted by Crippen LogP contribution is -2.32. The molecular formula is C28H24F2N6O. The van der Waals surface area contributed by atoms with Gasteiger partial charge < -0.3 is 15.2 Å². The van der Waals surface area contributed by atoms with E-state index >= 15 is 0 Å². The minimum Gasteiger partial charge on any atom is -0.399 e. The number of rotatable bonds is 7. The summed E-state index contributed by atoms with van der Waals surface area (Å²) < 4.78 is 30.0. The molecule has 3 aromatic carbocycles. The first kappa shape index (κ1) is 24.1. The molecule has 2 heterocycles. The maximum absolute atomic E-state index is 14.6. The molecule has 0 saturated carbocycles. The normalized spacial score (nSPS) is 11.1. The lowest BCUT2D eigenvalue weighted by Gasteiger charge is -2.23. The SMILES string of the molecule is Cc1nnc(CN(Cc2ccc(F)cc2F)C(=O)c2ccc3ccccc3n2)n1Cc1ccc(N)cc1. The Kier molecular flexibility index (Phi) is 6.59. The van der Waals surface area contributed by atoms with Crippen molar-refractivity contribution in [2.45, 2.75) is 26.6 Å². The summed E-state index contributed by atoms with van der Waals surface area (Å²) in [7, 11) is 0. The van der Waals surface area contributed by atoms with Gasteiger partial charge in [0.25, 0.3) is 5.91 Å². The summed E-state index contributed by atoms with van der Waals surface area (Å²) >= 11 is 0. The van der Waals surface area contributed by atoms with E-state index < -0.39 is 17.5 Å². The highest BCUT2D eigenvalue weighted by atomic mass is 19.1. The molecule has 2 N–H and O–H groups in total. The molecule has 0 spiro atoms. The second-order valence-corrected chi connectivity index (χ2v) is 8.78. The van der Waals surface area contributed by atoms with Crippen LogP contribution in [0.25, 0.3) is 10.9 Å². The number of hydrogen-bond donors (Lipinski definition) is 1. The predicted octanol–water partition coefficient (Wildman–Crippen LogP) is 4.89. The molecule has 0 bridgehead atoms. The highest BCUT2D eigenvalue weighted by molar-refractivity contribution is 5.94. The first-order valence-corrected chi connectivity index (χ1v) is 11.7. The van der Waals surface area contributed by atoms with Crippen molar-refractivity contribution in [2.75, 3.05) is 5.73 Å². The standard InChI is InChI=1S/C28H24F2N6O/c1-18-33-34-27(36(18)15-19-6-11-23(31)12-7-19)17-35(16-21-8-10-22(29)14-24(21)30)28(37)26-13-9-20-4-2-3-5-25(20)32-26/h2-14H,15-17,31H2,1H3. The van der Waals surface area contributed by atoms with Gasteiger partial charge in [0, 0.05) is 29.2 Å². The van der Waals surface area contributed by atoms with Gasteiger partial charge in [-0.15, -0.1) is 10.2 Å². The zero-order chi connectivity index (χ0) is 25.9. The number of carbonyl (C=O) groups is 1. The highest BCUT2D eigenvalue weighted by Crippen LogP contribution is 2.19. The van der Waals surface area contributed by atoms with Gasteiger partial charge in [-0.1, -0.05) is 42.5 Å². The van der Waals surface area contributed by atoms with Crippen LogP contribution in [-0.4, -0.2) is 30.6 Å². The van der Waals surface area contributed by atoms with Crippen LogP contribution in [0.1, 0.15) is 33.3 Å². The number of benzene rings is 3. The van der Waals surface area contributed by atoms with E-state index in [1.165, 1.54) is 17.0 Å². The Hall–Kier alpha value is -4.66. The minimum absolute atomic E-state index is 0.0416. The Morgan fingerprint density at radius 3 is 2.51 bits per heavy atom. The summed E-state index contributed by atoms with van der Waals surface area (Å²) in [5, 5.41) is 9.39. The molecule has 0 saturated heterocycles. The van der Waals surface area contributed by atoms with Crippen LogP contribution in [0.4, 0.5) is 14.5 Å². The molecule has 0 aliphatic carbocycles. The largest absolute Gasteiger partial charge is 0.399 e. The number of fused-ring (bicyclic) bond motifs is 1. The molecule has 0 radical (unpaired) electrons. The van der Waals surface area contributed by atoms with Crippen molar-refractivity contribution < 1.29 is 13.6 Å². The van der Waals surface area contributed by atoms with Gasteiger partial charge in [-0.2, -0.15) is 0 Å². The van der Waals surface area contributed by atoms with E-state index in [2.05, 4.69) is 15.2 Å². The van der Waals surface area contributed by atoms with Gasteiger partial charge in [-0.3, -0.25) is 4.79 Å². The fourth-order valence-corrected chi connectivity index (χ4v) is 4.13. The molecular weight excluding hydrogens is 474 g/mol. The maximum atomic E-state index is 14.6. The zero-order valence-corrected chi connectivity index (χ0v) is 20.1.